The summed E-state index contributed by atoms with van der Waals surface area (Å²) in [4.78, 5) is 2.14. The largest absolute Gasteiger partial charge is 0.348 e. The molecular weight excluding hydrogens is 342 g/mol. The van der Waals surface area contributed by atoms with E-state index < -0.39 is 0 Å². The Labute approximate surface area is 120 Å². The second-order valence-electron chi connectivity index (χ2n) is 3.95. The number of rotatable bonds is 0. The molecule has 0 aliphatic carbocycles. The highest BCUT2D eigenvalue weighted by Gasteiger charge is 2.18. The molecule has 1 nitrogen and oxygen atoms in total. The van der Waals surface area contributed by atoms with E-state index in [0.717, 1.165) is 10.9 Å². The number of halogens is 2. The molecule has 0 amide bonds. The van der Waals surface area contributed by atoms with E-state index in [1.54, 1.807) is 0 Å². The first-order valence-electron chi connectivity index (χ1n) is 5.44. The lowest BCUT2D eigenvalue weighted by Gasteiger charge is -2.12. The van der Waals surface area contributed by atoms with E-state index in [1.165, 1.54) is 21.4 Å². The van der Waals surface area contributed by atoms with Gasteiger partial charge in [0, 0.05) is 29.3 Å². The Morgan fingerprint density at radius 3 is 2.59 bits per heavy atom. The average molecular weight is 359 g/mol. The van der Waals surface area contributed by atoms with Crippen LogP contribution in [0.5, 0.6) is 0 Å². The maximum Gasteiger partial charge on any atom is 0.0442 e. The molecule has 0 spiro atoms. The van der Waals surface area contributed by atoms with Gasteiger partial charge in [-0.2, -0.15) is 0 Å². The van der Waals surface area contributed by atoms with E-state index in [2.05, 4.69) is 68.6 Å². The molecule has 1 heterocycles. The van der Waals surface area contributed by atoms with Crippen LogP contribution in [-0.4, -0.2) is 7.05 Å². The topological polar surface area (TPSA) is 3.24 Å². The first-order chi connectivity index (χ1) is 7.95. The molecule has 0 bridgehead atoms. The summed E-state index contributed by atoms with van der Waals surface area (Å²) in [7, 11) is 2.06. The normalized spacial score (nSPS) is 14.3. The quantitative estimate of drug-likeness (QED) is 0.611. The van der Waals surface area contributed by atoms with E-state index in [0.29, 0.717) is 0 Å². The summed E-state index contributed by atoms with van der Waals surface area (Å²) in [6.07, 6.45) is 2.98. The molecule has 1 aliphatic heterocycles. The van der Waals surface area contributed by atoms with Crippen molar-refractivity contribution in [1.82, 2.24) is 0 Å². The first-order valence-corrected chi connectivity index (χ1v) is 7.02. The molecule has 0 saturated carbocycles. The van der Waals surface area contributed by atoms with Crippen LogP contribution in [0.3, 0.4) is 0 Å². The molecule has 0 aromatic heterocycles. The van der Waals surface area contributed by atoms with E-state index in [9.17, 15) is 0 Å². The SMILES string of the molecule is C/C=C(\C)Br.C=C1Cc2cc(Br)ccc2N1C. The molecule has 92 valence electrons. The van der Waals surface area contributed by atoms with Gasteiger partial charge >= 0.3 is 0 Å². The predicted octanol–water partition coefficient (Wildman–Crippen LogP) is 5.26. The lowest BCUT2D eigenvalue weighted by atomic mass is 10.1. The number of allylic oxidation sites excluding steroid dienone is 3. The minimum atomic E-state index is 0.977. The molecule has 1 aromatic rings. The van der Waals surface area contributed by atoms with Crippen molar-refractivity contribution in [3.05, 3.63) is 51.1 Å². The molecule has 1 aromatic carbocycles. The summed E-state index contributed by atoms with van der Waals surface area (Å²) in [6.45, 7) is 7.98. The van der Waals surface area contributed by atoms with Crippen LogP contribution < -0.4 is 4.90 Å². The van der Waals surface area contributed by atoms with Crippen LogP contribution in [-0.2, 0) is 6.42 Å². The van der Waals surface area contributed by atoms with Crippen LogP contribution in [0.4, 0.5) is 5.69 Å². The Bertz CT molecular complexity index is 446. The highest BCUT2D eigenvalue weighted by molar-refractivity contribution is 9.11. The van der Waals surface area contributed by atoms with Gasteiger partial charge in [-0.25, -0.2) is 0 Å². The number of anilines is 1. The third-order valence-corrected chi connectivity index (χ3v) is 3.62. The fraction of sp³-hybridized carbons (Fsp3) is 0.286. The maximum atomic E-state index is 3.99. The minimum absolute atomic E-state index is 0.977. The number of benzene rings is 1. The van der Waals surface area contributed by atoms with Gasteiger partial charge in [0.05, 0.1) is 0 Å². The number of nitrogens with zero attached hydrogens (tertiary/aromatic N) is 1. The van der Waals surface area contributed by atoms with Crippen LogP contribution in [0.25, 0.3) is 0 Å². The lowest BCUT2D eigenvalue weighted by molar-refractivity contribution is 1.11. The number of fused-ring (bicyclic) bond motifs is 1. The molecule has 0 atom stereocenters. The van der Waals surface area contributed by atoms with Crippen molar-refractivity contribution in [2.45, 2.75) is 20.3 Å². The zero-order valence-electron chi connectivity index (χ0n) is 10.4. The molecule has 1 aliphatic rings. The van der Waals surface area contributed by atoms with Crippen LogP contribution in [0.15, 0.2) is 45.5 Å². The van der Waals surface area contributed by atoms with Crippen molar-refractivity contribution in [3.8, 4) is 0 Å². The zero-order chi connectivity index (χ0) is 13.0. The van der Waals surface area contributed by atoms with Gasteiger partial charge in [-0.15, -0.1) is 0 Å². The van der Waals surface area contributed by atoms with Crippen molar-refractivity contribution < 1.29 is 0 Å². The lowest BCUT2D eigenvalue weighted by Crippen LogP contribution is -2.09. The van der Waals surface area contributed by atoms with Gasteiger partial charge in [0.15, 0.2) is 0 Å². The molecule has 0 N–H and O–H groups in total. The minimum Gasteiger partial charge on any atom is -0.348 e. The van der Waals surface area contributed by atoms with Crippen LogP contribution in [0, 0.1) is 0 Å². The Morgan fingerprint density at radius 1 is 1.47 bits per heavy atom. The molecule has 0 fully saturated rings. The number of likely N-dealkylation sites (N-methyl/N-ethyl adjacent to an activating group) is 1. The van der Waals surface area contributed by atoms with E-state index in [1.807, 2.05) is 19.9 Å². The summed E-state index contributed by atoms with van der Waals surface area (Å²) in [5.41, 5.74) is 3.81. The molecule has 17 heavy (non-hydrogen) atoms. The van der Waals surface area contributed by atoms with Crippen molar-refractivity contribution in [3.63, 3.8) is 0 Å². The molecule has 3 heteroatoms. The van der Waals surface area contributed by atoms with Crippen molar-refractivity contribution >= 4 is 37.5 Å². The summed E-state index contributed by atoms with van der Waals surface area (Å²) < 4.78 is 2.34. The molecule has 0 unspecified atom stereocenters. The van der Waals surface area contributed by atoms with Gasteiger partial charge in [0.1, 0.15) is 0 Å². The number of hydrogen-bond acceptors (Lipinski definition) is 1. The molecule has 0 radical (unpaired) electrons. The highest BCUT2D eigenvalue weighted by Crippen LogP contribution is 2.33. The van der Waals surface area contributed by atoms with Crippen molar-refractivity contribution in [2.24, 2.45) is 0 Å². The Morgan fingerprint density at radius 2 is 2.06 bits per heavy atom. The second-order valence-corrected chi connectivity index (χ2v) is 6.12. The zero-order valence-corrected chi connectivity index (χ0v) is 13.6. The van der Waals surface area contributed by atoms with Gasteiger partial charge in [0.25, 0.3) is 0 Å². The maximum absolute atomic E-state index is 3.99. The van der Waals surface area contributed by atoms with Crippen LogP contribution >= 0.6 is 31.9 Å². The van der Waals surface area contributed by atoms with Gasteiger partial charge in [-0.1, -0.05) is 44.5 Å². The first kappa shape index (κ1) is 14.5. The number of hydrogen-bond donors (Lipinski definition) is 0. The third-order valence-electron chi connectivity index (χ3n) is 2.67. The average Bonchev–Trinajstić information content (AvgIpc) is 2.55. The smallest absolute Gasteiger partial charge is 0.0442 e. The summed E-state index contributed by atoms with van der Waals surface area (Å²) in [5.74, 6) is 0. The van der Waals surface area contributed by atoms with Gasteiger partial charge in [0.2, 0.25) is 0 Å². The van der Waals surface area contributed by atoms with Gasteiger partial charge in [-0.3, -0.25) is 0 Å². The predicted molar refractivity (Wildman–Crippen MR) is 83.7 cm³/mol. The van der Waals surface area contributed by atoms with E-state index in [4.69, 9.17) is 0 Å². The monoisotopic (exact) mass is 357 g/mol. The fourth-order valence-corrected chi connectivity index (χ4v) is 1.94. The second kappa shape index (κ2) is 6.41. The van der Waals surface area contributed by atoms with Gasteiger partial charge in [-0.05, 0) is 42.1 Å². The molecular formula is C14H17Br2N. The fourth-order valence-electron chi connectivity index (χ4n) is 1.53. The summed E-state index contributed by atoms with van der Waals surface area (Å²) in [6, 6.07) is 6.34. The van der Waals surface area contributed by atoms with Crippen LogP contribution in [0.2, 0.25) is 0 Å². The Hall–Kier alpha value is -0.540. The standard InChI is InChI=1S/C10H10BrN.C4H7Br/c1-7-5-8-6-9(11)3-4-10(8)12(7)2;1-3-4(2)5/h3-4,6H,1,5H2,2H3;3H,1-2H3/b;4-3+. The molecule has 2 rings (SSSR count). The third kappa shape index (κ3) is 4.00. The molecule has 0 saturated heterocycles. The van der Waals surface area contributed by atoms with Crippen molar-refractivity contribution in [1.29, 1.82) is 0 Å². The highest BCUT2D eigenvalue weighted by atomic mass is 79.9. The van der Waals surface area contributed by atoms with Crippen LogP contribution in [0.1, 0.15) is 19.4 Å². The van der Waals surface area contributed by atoms with Gasteiger partial charge < -0.3 is 4.90 Å². The Balaban J connectivity index is 0.000000249. The Kier molecular flexibility index (Phi) is 5.47. The summed E-state index contributed by atoms with van der Waals surface area (Å²) >= 11 is 6.69. The van der Waals surface area contributed by atoms with E-state index in [-0.39, 0.29) is 0 Å². The van der Waals surface area contributed by atoms with Crippen molar-refractivity contribution in [2.75, 3.05) is 11.9 Å². The van der Waals surface area contributed by atoms with E-state index >= 15 is 0 Å². The summed E-state index contributed by atoms with van der Waals surface area (Å²) in [5, 5.41) is 0.